The van der Waals surface area contributed by atoms with E-state index in [1.807, 2.05) is 0 Å². The monoisotopic (exact) mass is 1750 g/mol. The van der Waals surface area contributed by atoms with Gasteiger partial charge in [-0.1, -0.05) is 262 Å². The molecule has 0 saturated heterocycles. The third-order valence-corrected chi connectivity index (χ3v) is 60.1. The lowest BCUT2D eigenvalue weighted by Crippen LogP contribution is -2.64. The Bertz CT molecular complexity index is 1930. The first kappa shape index (κ1) is 153. The van der Waals surface area contributed by atoms with Gasteiger partial charge in [0, 0.05) is 26.4 Å². The van der Waals surface area contributed by atoms with Gasteiger partial charge in [0.25, 0.3) is 0 Å². The number of esters is 1. The number of hydrogen-bond acceptors (Lipinski definition) is 15. The SMILES string of the molecule is C.C.C.C.C.C.C.C.C.C.C.C.C.C.C.C.CCCCCCCCCC(C(=O)OC)[Si](C)(O[Si](C)(C)O[Si](C)(C)C)O[Si](C)(CCCOCCCCC)O[Si](C)(C)O[Si](C)(C)C.CCCCCCCCCC(C(C)=O)[Si](C)(O[Si](C)(C)O[Si](C)(C)C)O[Si](C)(CCCOCCCCC)O[Si](C)(C)O[Si](C)(C)C. The summed E-state index contributed by atoms with van der Waals surface area (Å²) in [5.74, 6) is -0.0816. The van der Waals surface area contributed by atoms with Crippen LogP contribution in [0.3, 0.4) is 0 Å². The summed E-state index contributed by atoms with van der Waals surface area (Å²) in [4.78, 5) is 27.2. The van der Waals surface area contributed by atoms with Crippen LogP contribution in [0, 0.1) is 0 Å². The van der Waals surface area contributed by atoms with Gasteiger partial charge in [-0.2, -0.15) is 0 Å². The minimum Gasteiger partial charge on any atom is -0.469 e. The Morgan fingerprint density at radius 1 is 0.262 bits per heavy atom. The number of carbonyl (C=O) groups is 2. The number of ketones is 1. The van der Waals surface area contributed by atoms with Crippen molar-refractivity contribution in [2.75, 3.05) is 33.5 Å². The molecule has 6 unspecified atom stereocenters. The lowest BCUT2D eigenvalue weighted by Gasteiger charge is -2.47. The van der Waals surface area contributed by atoms with Crippen LogP contribution in [0.4, 0.5) is 0 Å². The van der Waals surface area contributed by atoms with Gasteiger partial charge in [-0.05, 0) is 215 Å². The van der Waals surface area contributed by atoms with E-state index >= 15 is 0 Å². The molecule has 0 aliphatic heterocycles. The highest BCUT2D eigenvalue weighted by molar-refractivity contribution is 6.94. The van der Waals surface area contributed by atoms with E-state index in [-0.39, 0.29) is 136 Å². The molecule has 0 spiro atoms. The number of carbonyl (C=O) groups excluding carboxylic acids is 2. The summed E-state index contributed by atoms with van der Waals surface area (Å²) in [5.41, 5.74) is -0.748. The van der Waals surface area contributed by atoms with E-state index < -0.39 is 107 Å². The predicted molar refractivity (Wildman–Crippen MR) is 523 cm³/mol. The Kier molecular flexibility index (Phi) is 105. The van der Waals surface area contributed by atoms with Crippen molar-refractivity contribution in [1.82, 2.24) is 0 Å². The molecule has 0 rings (SSSR count). The molecule has 0 aromatic heterocycles. The fraction of sp³-hybridized carbons (Fsp3) is 0.975. The molecule has 15 nitrogen and oxygen atoms in total. The summed E-state index contributed by atoms with van der Waals surface area (Å²) in [7, 11) is -28.8. The molecule has 0 heterocycles. The predicted octanol–water partition coefficient (Wildman–Crippen LogP) is 31.7. The van der Waals surface area contributed by atoms with Crippen LogP contribution in [-0.4, -0.2) is 147 Å². The molecule has 674 valence electrons. The summed E-state index contributed by atoms with van der Waals surface area (Å²) in [6.07, 6.45) is 26.7. The number of unbranched alkanes of at least 4 members (excludes halogenated alkanes) is 16. The molecule has 0 aromatic rings. The second-order valence-electron chi connectivity index (χ2n) is 32.3. The van der Waals surface area contributed by atoms with Gasteiger partial charge >= 0.3 is 74.5 Å². The molecular weight excluding hydrogens is 1540 g/mol. The maximum atomic E-state index is 13.7. The zero-order chi connectivity index (χ0) is 70.7. The Hall–Kier alpha value is 1.26. The fourth-order valence-corrected chi connectivity index (χ4v) is 71.9. The van der Waals surface area contributed by atoms with Crippen molar-refractivity contribution in [1.29, 1.82) is 0 Å². The number of hydrogen-bond donors (Lipinski definition) is 0. The molecular formula is C80H216O15Si12. The van der Waals surface area contributed by atoms with Crippen molar-refractivity contribution in [2.45, 2.75) is 488 Å². The van der Waals surface area contributed by atoms with Crippen molar-refractivity contribution in [3.8, 4) is 0 Å². The second kappa shape index (κ2) is 73.6. The minimum atomic E-state index is -3.30. The Balaban J connectivity index is -0.0000000805. The Morgan fingerprint density at radius 3 is 0.720 bits per heavy atom. The maximum absolute atomic E-state index is 13.7. The normalized spacial score (nSPS) is 14.2. The van der Waals surface area contributed by atoms with E-state index in [1.54, 1.807) is 6.92 Å². The Morgan fingerprint density at radius 2 is 0.477 bits per heavy atom. The van der Waals surface area contributed by atoms with Crippen LogP contribution in [0.5, 0.6) is 0 Å². The topological polar surface area (TPSA) is 154 Å². The van der Waals surface area contributed by atoms with Gasteiger partial charge in [0.05, 0.1) is 18.2 Å². The molecule has 27 heteroatoms. The molecule has 107 heavy (non-hydrogen) atoms. The smallest absolute Gasteiger partial charge is 0.331 e. The highest BCUT2D eigenvalue weighted by atomic mass is 28.5. The summed E-state index contributed by atoms with van der Waals surface area (Å²) < 4.78 is 87.6. The quantitative estimate of drug-likeness (QED) is 0.0322. The molecule has 0 N–H and O–H groups in total. The van der Waals surface area contributed by atoms with E-state index in [4.69, 9.17) is 55.4 Å². The molecule has 0 fully saturated rings. The van der Waals surface area contributed by atoms with Crippen LogP contribution >= 0.6 is 0 Å². The molecule has 0 aliphatic carbocycles. The molecule has 6 atom stereocenters. The van der Waals surface area contributed by atoms with E-state index in [0.29, 0.717) is 19.6 Å². The summed E-state index contributed by atoms with van der Waals surface area (Å²) >= 11 is 0. The van der Waals surface area contributed by atoms with Crippen molar-refractivity contribution in [2.24, 2.45) is 0 Å². The molecule has 0 bridgehead atoms. The van der Waals surface area contributed by atoms with Crippen molar-refractivity contribution < 1.29 is 65.0 Å². The van der Waals surface area contributed by atoms with Crippen LogP contribution in [0.15, 0.2) is 0 Å². The van der Waals surface area contributed by atoms with Crippen molar-refractivity contribution in [3.63, 3.8) is 0 Å². The van der Waals surface area contributed by atoms with Crippen LogP contribution < -0.4 is 0 Å². The first-order valence-electron chi connectivity index (χ1n) is 36.3. The summed E-state index contributed by atoms with van der Waals surface area (Å²) in [6, 6.07) is 1.51. The summed E-state index contributed by atoms with van der Waals surface area (Å²) in [6.45, 7) is 65.5. The molecule has 0 aromatic carbocycles. The number of rotatable bonds is 56. The van der Waals surface area contributed by atoms with Gasteiger partial charge in [0.1, 0.15) is 5.78 Å². The second-order valence-corrected chi connectivity index (χ2v) is 79.5. The molecule has 0 saturated carbocycles. The zero-order valence-electron chi connectivity index (χ0n) is 65.5. The van der Waals surface area contributed by atoms with Gasteiger partial charge in [-0.3, -0.25) is 9.59 Å². The van der Waals surface area contributed by atoms with Gasteiger partial charge in [0.15, 0.2) is 33.3 Å². The van der Waals surface area contributed by atoms with Crippen molar-refractivity contribution in [3.05, 3.63) is 0 Å². The van der Waals surface area contributed by atoms with E-state index in [1.165, 1.54) is 97.0 Å². The average Bonchev–Trinajstić information content (AvgIpc) is 0.783. The van der Waals surface area contributed by atoms with Crippen LogP contribution in [-0.2, 0) is 65.0 Å². The van der Waals surface area contributed by atoms with Crippen molar-refractivity contribution >= 4 is 114 Å². The highest BCUT2D eigenvalue weighted by Crippen LogP contribution is 2.41. The average molecular weight is 1760 g/mol. The molecule has 0 aliphatic rings. The lowest BCUT2D eigenvalue weighted by molar-refractivity contribution is -0.141. The van der Waals surface area contributed by atoms with Gasteiger partial charge < -0.3 is 55.4 Å². The standard InChI is InChI=1S/C32H76O8Si6.C32H76O7Si6.16CH4/c1-16-18-20-21-22-23-24-27-31(32(33)34-3)46(15,39-44(12,13)37-42(7,8)9)40-45(14,30-26-29-35-28-25-19-17-2)38-43(10,11)36-41(4,5)6;1-16-18-20-21-22-23-24-27-32(31(3)33)45(15,38-43(12,13)36-41(7,8)9)39-44(14,30-26-29-34-28-25-19-17-2)37-42(10,11)35-40(4,5)6;;;;;;;;;;;;;;;;/h31H,16-30H2,1-15H3;32H,16-30H2,1-15H3;16*1H4. The first-order valence-corrected chi connectivity index (χ1v) is 71.0. The Labute approximate surface area is 695 Å². The highest BCUT2D eigenvalue weighted by Gasteiger charge is 2.58. The van der Waals surface area contributed by atoms with E-state index in [9.17, 15) is 9.59 Å². The third kappa shape index (κ3) is 80.8. The van der Waals surface area contributed by atoms with E-state index in [0.717, 1.165) is 83.1 Å². The molecule has 0 amide bonds. The van der Waals surface area contributed by atoms with E-state index in [2.05, 4.69) is 185 Å². The largest absolute Gasteiger partial charge is 0.469 e. The minimum absolute atomic E-state index is 0. The summed E-state index contributed by atoms with van der Waals surface area (Å²) in [5, 5.41) is 0. The van der Waals surface area contributed by atoms with Gasteiger partial charge in [0.2, 0.25) is 0 Å². The number of methoxy groups -OCH3 is 1. The van der Waals surface area contributed by atoms with Crippen LogP contribution in [0.1, 0.15) is 308 Å². The van der Waals surface area contributed by atoms with Gasteiger partial charge in [-0.25, -0.2) is 0 Å². The number of ether oxygens (including phenoxy) is 3. The fourth-order valence-electron chi connectivity index (χ4n) is 12.8. The lowest BCUT2D eigenvalue weighted by atomic mass is 10.1. The third-order valence-electron chi connectivity index (χ3n) is 14.9. The van der Waals surface area contributed by atoms with Gasteiger partial charge in [-0.15, -0.1) is 0 Å². The molecule has 0 radical (unpaired) electrons. The maximum Gasteiger partial charge on any atom is 0.331 e. The zero-order valence-corrected chi connectivity index (χ0v) is 77.5. The van der Waals surface area contributed by atoms with Crippen LogP contribution in [0.25, 0.3) is 0 Å². The number of Topliss-reactive ketones (excluding diaryl/α,β-unsaturated/α-hetero) is 1. The van der Waals surface area contributed by atoms with Crippen LogP contribution in [0.2, 0.25) is 180 Å². The first-order chi connectivity index (χ1) is 41.5.